The lowest BCUT2D eigenvalue weighted by Gasteiger charge is -2.42. The Morgan fingerprint density at radius 2 is 1.83 bits per heavy atom. The fraction of sp³-hybridized carbons (Fsp3) is 0.346. The number of rotatable bonds is 2. The van der Waals surface area contributed by atoms with Crippen molar-refractivity contribution in [1.82, 2.24) is 4.90 Å². The number of carbonyl (C=O) groups excluding carboxylic acids is 5. The largest absolute Gasteiger partial charge is 0.507 e. The molecule has 1 aliphatic heterocycles. The van der Waals surface area contributed by atoms with Crippen molar-refractivity contribution in [2.45, 2.75) is 25.7 Å². The number of fused-ring (bicyclic) bond motifs is 3. The summed E-state index contributed by atoms with van der Waals surface area (Å²) in [6.45, 7) is 1.56. The van der Waals surface area contributed by atoms with Gasteiger partial charge in [-0.1, -0.05) is 17.7 Å². The molecule has 1 saturated heterocycles. The van der Waals surface area contributed by atoms with Gasteiger partial charge in [-0.3, -0.25) is 19.2 Å². The monoisotopic (exact) mass is 477 g/mol. The number of phenolic OH excluding ortho intramolecular Hbond substituents is 1. The van der Waals surface area contributed by atoms with Gasteiger partial charge in [-0.15, -0.1) is 0 Å². The van der Waals surface area contributed by atoms with Gasteiger partial charge in [-0.25, -0.2) is 4.79 Å². The molecule has 0 spiro atoms. The van der Waals surface area contributed by atoms with E-state index in [4.69, 9.17) is 4.74 Å². The minimum atomic E-state index is -1.05. The zero-order valence-electron chi connectivity index (χ0n) is 19.4. The van der Waals surface area contributed by atoms with Gasteiger partial charge in [-0.2, -0.15) is 4.90 Å². The predicted octanol–water partition coefficient (Wildman–Crippen LogP) is 2.60. The summed E-state index contributed by atoms with van der Waals surface area (Å²) in [5.74, 6) is -4.95. The average molecular weight is 477 g/mol. The predicted molar refractivity (Wildman–Crippen MR) is 120 cm³/mol. The summed E-state index contributed by atoms with van der Waals surface area (Å²) in [5.41, 5.74) is 1.74. The van der Waals surface area contributed by atoms with Gasteiger partial charge in [0.05, 0.1) is 26.1 Å². The summed E-state index contributed by atoms with van der Waals surface area (Å²) in [7, 11) is 2.53. The summed E-state index contributed by atoms with van der Waals surface area (Å²) in [5, 5.41) is 10.9. The molecule has 0 saturated carbocycles. The second-order valence-electron chi connectivity index (χ2n) is 9.10. The Kier molecular flexibility index (Phi) is 5.23. The van der Waals surface area contributed by atoms with Crippen molar-refractivity contribution in [1.29, 1.82) is 0 Å². The van der Waals surface area contributed by atoms with E-state index >= 15 is 0 Å². The lowest BCUT2D eigenvalue weighted by molar-refractivity contribution is -0.137. The molecular weight excluding hydrogens is 454 g/mol. The van der Waals surface area contributed by atoms with Gasteiger partial charge < -0.3 is 14.6 Å². The summed E-state index contributed by atoms with van der Waals surface area (Å²) in [4.78, 5) is 65.5. The van der Waals surface area contributed by atoms with Gasteiger partial charge in [0.25, 0.3) is 0 Å². The molecule has 4 aliphatic rings. The van der Waals surface area contributed by atoms with Gasteiger partial charge in [0.2, 0.25) is 11.8 Å². The molecule has 35 heavy (non-hydrogen) atoms. The molecule has 0 radical (unpaired) electrons. The fourth-order valence-electron chi connectivity index (χ4n) is 5.96. The van der Waals surface area contributed by atoms with E-state index in [1.165, 1.54) is 19.3 Å². The minimum Gasteiger partial charge on any atom is -0.507 e. The first kappa shape index (κ1) is 22.8. The molecule has 4 atom stereocenters. The number of carbonyl (C=O) groups is 5. The minimum absolute atomic E-state index is 0.0666. The number of ether oxygens (including phenoxy) is 2. The van der Waals surface area contributed by atoms with Gasteiger partial charge in [0, 0.05) is 28.2 Å². The van der Waals surface area contributed by atoms with Crippen molar-refractivity contribution in [3.05, 3.63) is 58.2 Å². The molecule has 1 N–H and O–H groups in total. The molecule has 0 bridgehead atoms. The number of likely N-dealkylation sites (tertiary alicyclic amines) is 1. The topological polar surface area (TPSA) is 127 Å². The third kappa shape index (κ3) is 3.10. The molecule has 1 heterocycles. The second-order valence-corrected chi connectivity index (χ2v) is 9.10. The first-order chi connectivity index (χ1) is 16.7. The summed E-state index contributed by atoms with van der Waals surface area (Å²) in [6, 6.07) is 4.71. The smallest absolute Gasteiger partial charge is 0.423 e. The maximum Gasteiger partial charge on any atom is 0.423 e. The molecule has 1 aromatic rings. The number of hydrogen-bond donors (Lipinski definition) is 1. The third-order valence-corrected chi connectivity index (χ3v) is 7.47. The lowest BCUT2D eigenvalue weighted by atomic mass is 9.59. The number of phenols is 1. The van der Waals surface area contributed by atoms with E-state index in [0.717, 1.165) is 7.11 Å². The third-order valence-electron chi connectivity index (χ3n) is 7.47. The van der Waals surface area contributed by atoms with Crippen LogP contribution in [0.2, 0.25) is 0 Å². The highest BCUT2D eigenvalue weighted by atomic mass is 16.5. The maximum absolute atomic E-state index is 13.4. The molecule has 1 fully saturated rings. The van der Waals surface area contributed by atoms with Crippen LogP contribution in [0.3, 0.4) is 0 Å². The number of aromatic hydroxyl groups is 1. The van der Waals surface area contributed by atoms with E-state index in [-0.39, 0.29) is 46.9 Å². The Hall–Kier alpha value is -4.01. The molecule has 3 aliphatic carbocycles. The number of ketones is 2. The molecule has 0 aromatic heterocycles. The zero-order chi connectivity index (χ0) is 25.2. The zero-order valence-corrected chi connectivity index (χ0v) is 19.4. The number of nitrogens with zero attached hydrogens (tertiary/aromatic N) is 1. The Labute approximate surface area is 200 Å². The van der Waals surface area contributed by atoms with Crippen LogP contribution >= 0.6 is 0 Å². The van der Waals surface area contributed by atoms with E-state index in [9.17, 15) is 29.1 Å². The highest BCUT2D eigenvalue weighted by molar-refractivity contribution is 6.24. The number of amides is 3. The van der Waals surface area contributed by atoms with Gasteiger partial charge in [-0.05, 0) is 43.9 Å². The van der Waals surface area contributed by atoms with Crippen molar-refractivity contribution >= 4 is 29.5 Å². The first-order valence-electron chi connectivity index (χ1n) is 11.2. The summed E-state index contributed by atoms with van der Waals surface area (Å²) < 4.78 is 10.1. The second kappa shape index (κ2) is 8.04. The van der Waals surface area contributed by atoms with Crippen LogP contribution < -0.4 is 4.74 Å². The Bertz CT molecular complexity index is 1320. The molecule has 1 aromatic carbocycles. The molecule has 4 unspecified atom stereocenters. The number of Topliss-reactive ketones (excluding diaryl/α,β-unsaturated/α-hetero) is 1. The van der Waals surface area contributed by atoms with Crippen LogP contribution in [0.15, 0.2) is 52.6 Å². The SMILES string of the molecule is COC(=O)N1C(=O)C2CC=C3C(c4c(O)cccc4OC)C4=C(CC3C2C1=O)C(=O)C=C(C)C4=O. The Balaban J connectivity index is 1.73. The number of benzene rings is 1. The van der Waals surface area contributed by atoms with Crippen LogP contribution in [-0.2, 0) is 23.9 Å². The normalized spacial score (nSPS) is 27.7. The van der Waals surface area contributed by atoms with Gasteiger partial charge in [0.1, 0.15) is 11.5 Å². The van der Waals surface area contributed by atoms with Crippen LogP contribution in [-0.4, -0.2) is 53.7 Å². The fourth-order valence-corrected chi connectivity index (χ4v) is 5.96. The Morgan fingerprint density at radius 3 is 2.51 bits per heavy atom. The molecule has 3 amide bonds. The van der Waals surface area contributed by atoms with Crippen LogP contribution in [0, 0.1) is 17.8 Å². The summed E-state index contributed by atoms with van der Waals surface area (Å²) >= 11 is 0. The van der Waals surface area contributed by atoms with E-state index in [1.54, 1.807) is 25.1 Å². The highest BCUT2D eigenvalue weighted by Gasteiger charge is 2.58. The highest BCUT2D eigenvalue weighted by Crippen LogP contribution is 2.57. The van der Waals surface area contributed by atoms with Crippen molar-refractivity contribution < 1.29 is 38.6 Å². The van der Waals surface area contributed by atoms with Crippen molar-refractivity contribution in [2.75, 3.05) is 14.2 Å². The first-order valence-corrected chi connectivity index (χ1v) is 11.2. The van der Waals surface area contributed by atoms with Gasteiger partial charge >= 0.3 is 6.09 Å². The van der Waals surface area contributed by atoms with E-state index in [0.29, 0.717) is 21.8 Å². The number of imide groups is 3. The molecule has 9 heteroatoms. The van der Waals surface area contributed by atoms with Crippen molar-refractivity contribution in [3.63, 3.8) is 0 Å². The molecule has 5 rings (SSSR count). The molecular formula is C26H23NO8. The van der Waals surface area contributed by atoms with Crippen LogP contribution in [0.1, 0.15) is 31.2 Å². The van der Waals surface area contributed by atoms with E-state index < -0.39 is 41.6 Å². The average Bonchev–Trinajstić information content (AvgIpc) is 3.10. The van der Waals surface area contributed by atoms with Gasteiger partial charge in [0.15, 0.2) is 11.6 Å². The van der Waals surface area contributed by atoms with Crippen LogP contribution in [0.4, 0.5) is 4.79 Å². The number of allylic oxidation sites excluding steroid dienone is 6. The lowest BCUT2D eigenvalue weighted by Crippen LogP contribution is -2.40. The van der Waals surface area contributed by atoms with Crippen LogP contribution in [0.25, 0.3) is 0 Å². The standard InChI is InChI=1S/C26H23NO8/c1-11-9-17(29)15-10-14-12(7-8-13-19(14)25(32)27(24(13)31)26(33)35-3)20(21(15)23(11)30)22-16(28)5-4-6-18(22)34-2/h4-7,9,13-14,19-20,28H,8,10H2,1-3H3. The quantitative estimate of drug-likeness (QED) is 0.391. The Morgan fingerprint density at radius 1 is 1.09 bits per heavy atom. The number of methoxy groups -OCH3 is 2. The van der Waals surface area contributed by atoms with Crippen molar-refractivity contribution in [3.8, 4) is 11.5 Å². The van der Waals surface area contributed by atoms with E-state index in [1.807, 2.05) is 0 Å². The summed E-state index contributed by atoms with van der Waals surface area (Å²) in [6.07, 6.45) is 2.26. The number of hydrogen-bond acceptors (Lipinski definition) is 8. The van der Waals surface area contributed by atoms with E-state index in [2.05, 4.69) is 4.74 Å². The molecule has 9 nitrogen and oxygen atoms in total. The van der Waals surface area contributed by atoms with Crippen molar-refractivity contribution in [2.24, 2.45) is 17.8 Å². The maximum atomic E-state index is 13.4. The van der Waals surface area contributed by atoms with Crippen LogP contribution in [0.5, 0.6) is 11.5 Å². The molecule has 180 valence electrons.